The first-order valence-corrected chi connectivity index (χ1v) is 12.8. The lowest BCUT2D eigenvalue weighted by Gasteiger charge is -2.29. The molecule has 2 fully saturated rings. The number of Topliss-reactive ketones (excluding diaryl/α,β-unsaturated/α-hetero) is 1. The van der Waals surface area contributed by atoms with E-state index in [1.165, 1.54) is 24.0 Å². The maximum absolute atomic E-state index is 13.8. The predicted molar refractivity (Wildman–Crippen MR) is 134 cm³/mol. The molecule has 3 aliphatic heterocycles. The first-order chi connectivity index (χ1) is 18.5. The highest BCUT2D eigenvalue weighted by molar-refractivity contribution is 6.46. The van der Waals surface area contributed by atoms with Gasteiger partial charge in [-0.05, 0) is 35.4 Å². The molecule has 3 aliphatic rings. The van der Waals surface area contributed by atoms with Gasteiger partial charge in [-0.1, -0.05) is 17.9 Å². The summed E-state index contributed by atoms with van der Waals surface area (Å²) in [6, 6.07) is 9.15. The zero-order valence-electron chi connectivity index (χ0n) is 21.6. The van der Waals surface area contributed by atoms with Crippen molar-refractivity contribution in [1.29, 1.82) is 0 Å². The van der Waals surface area contributed by atoms with Gasteiger partial charge in [-0.2, -0.15) is 0 Å². The SMILES string of the molecule is COc1ccc(C2C(=C([O-])c3ccc4c(c3)OCCO4)C(=O)C(=O)N2CCC[NH+]2CCOCC2)cc1OC. The van der Waals surface area contributed by atoms with Crippen molar-refractivity contribution in [1.82, 2.24) is 4.90 Å². The summed E-state index contributed by atoms with van der Waals surface area (Å²) in [6.45, 7) is 5.22. The topological polar surface area (TPSA) is 111 Å². The number of nitrogens with one attached hydrogen (secondary N) is 1. The lowest BCUT2D eigenvalue weighted by atomic mass is 9.94. The summed E-state index contributed by atoms with van der Waals surface area (Å²) >= 11 is 0. The Balaban J connectivity index is 1.52. The van der Waals surface area contributed by atoms with Crippen LogP contribution in [0.5, 0.6) is 23.0 Å². The smallest absolute Gasteiger partial charge is 0.295 e. The van der Waals surface area contributed by atoms with Gasteiger partial charge in [0.05, 0.1) is 40.0 Å². The van der Waals surface area contributed by atoms with Crippen molar-refractivity contribution in [3.8, 4) is 23.0 Å². The highest BCUT2D eigenvalue weighted by Crippen LogP contribution is 2.42. The van der Waals surface area contributed by atoms with E-state index in [1.807, 2.05) is 0 Å². The molecule has 38 heavy (non-hydrogen) atoms. The van der Waals surface area contributed by atoms with Gasteiger partial charge in [-0.3, -0.25) is 9.59 Å². The molecule has 10 heteroatoms. The minimum atomic E-state index is -0.852. The van der Waals surface area contributed by atoms with E-state index in [-0.39, 0.29) is 11.1 Å². The van der Waals surface area contributed by atoms with E-state index in [2.05, 4.69) is 0 Å². The minimum absolute atomic E-state index is 0.0855. The third-order valence-electron chi connectivity index (χ3n) is 7.19. The third kappa shape index (κ3) is 5.01. The fourth-order valence-electron chi connectivity index (χ4n) is 5.22. The predicted octanol–water partition coefficient (Wildman–Crippen LogP) is 0.00420. The van der Waals surface area contributed by atoms with Crippen molar-refractivity contribution in [2.45, 2.75) is 12.5 Å². The summed E-state index contributed by atoms with van der Waals surface area (Å²) in [5, 5.41) is 13.8. The molecule has 3 heterocycles. The summed E-state index contributed by atoms with van der Waals surface area (Å²) in [7, 11) is 3.05. The van der Waals surface area contributed by atoms with Gasteiger partial charge in [-0.25, -0.2) is 0 Å². The van der Waals surface area contributed by atoms with Gasteiger partial charge in [0, 0.05) is 18.5 Å². The zero-order valence-corrected chi connectivity index (χ0v) is 21.6. The van der Waals surface area contributed by atoms with E-state index in [4.69, 9.17) is 23.7 Å². The highest BCUT2D eigenvalue weighted by Gasteiger charge is 2.44. The molecule has 1 amide bonds. The largest absolute Gasteiger partial charge is 0.872 e. The Morgan fingerprint density at radius 1 is 0.974 bits per heavy atom. The Bertz CT molecular complexity index is 1240. The Morgan fingerprint density at radius 2 is 1.71 bits per heavy atom. The van der Waals surface area contributed by atoms with Crippen LogP contribution >= 0.6 is 0 Å². The number of hydrogen-bond acceptors (Lipinski definition) is 8. The number of carbonyl (C=O) groups excluding carboxylic acids is 2. The Labute approximate surface area is 221 Å². The van der Waals surface area contributed by atoms with Gasteiger partial charge in [0.15, 0.2) is 23.0 Å². The molecule has 5 rings (SSSR count). The number of nitrogens with zero attached hydrogens (tertiary/aromatic N) is 1. The second kappa shape index (κ2) is 11.3. The molecule has 0 spiro atoms. The van der Waals surface area contributed by atoms with E-state index in [0.717, 1.165) is 19.6 Å². The van der Waals surface area contributed by atoms with Crippen molar-refractivity contribution in [3.63, 3.8) is 0 Å². The summed E-state index contributed by atoms with van der Waals surface area (Å²) in [6.07, 6.45) is 0.684. The third-order valence-corrected chi connectivity index (χ3v) is 7.19. The highest BCUT2D eigenvalue weighted by atomic mass is 16.6. The van der Waals surface area contributed by atoms with Crippen LogP contribution < -0.4 is 29.0 Å². The molecule has 2 aromatic carbocycles. The van der Waals surface area contributed by atoms with E-state index in [1.54, 1.807) is 36.4 Å². The van der Waals surface area contributed by atoms with Crippen molar-refractivity contribution >= 4 is 17.4 Å². The number of methoxy groups -OCH3 is 2. The first kappa shape index (κ1) is 25.9. The lowest BCUT2D eigenvalue weighted by Crippen LogP contribution is -3.14. The number of morpholine rings is 1. The average molecular weight is 525 g/mol. The van der Waals surface area contributed by atoms with Crippen molar-refractivity contribution < 1.29 is 43.3 Å². The minimum Gasteiger partial charge on any atom is -0.872 e. The van der Waals surface area contributed by atoms with Gasteiger partial charge < -0.3 is 38.6 Å². The lowest BCUT2D eigenvalue weighted by molar-refractivity contribution is -0.908. The van der Waals surface area contributed by atoms with Crippen LogP contribution in [-0.2, 0) is 14.3 Å². The molecule has 10 nitrogen and oxygen atoms in total. The molecular formula is C28H32N2O8. The standard InChI is InChI=1S/C28H32N2O8/c1-34-20-6-4-18(16-22(20)35-2)25-24(26(31)19-5-7-21-23(17-19)38-15-14-37-21)27(32)28(33)30(25)9-3-8-29-10-12-36-13-11-29/h4-7,16-17,25,31H,3,8-15H2,1-2H3. The number of rotatable bonds is 8. The molecule has 0 aliphatic carbocycles. The number of quaternary nitrogens is 1. The number of amides is 1. The quantitative estimate of drug-likeness (QED) is 0.292. The molecule has 1 atom stereocenters. The van der Waals surface area contributed by atoms with Crippen LogP contribution in [0.3, 0.4) is 0 Å². The number of carbonyl (C=O) groups is 2. The number of ether oxygens (including phenoxy) is 5. The van der Waals surface area contributed by atoms with Crippen molar-refractivity contribution in [3.05, 3.63) is 53.1 Å². The maximum atomic E-state index is 13.8. The molecule has 0 bridgehead atoms. The molecule has 2 aromatic rings. The number of benzene rings is 2. The second-order valence-electron chi connectivity index (χ2n) is 9.41. The van der Waals surface area contributed by atoms with Crippen LogP contribution in [0.2, 0.25) is 0 Å². The summed E-state index contributed by atoms with van der Waals surface area (Å²) in [5.41, 5.74) is 0.773. The molecule has 1 unspecified atom stereocenters. The van der Waals surface area contributed by atoms with E-state index >= 15 is 0 Å². The second-order valence-corrected chi connectivity index (χ2v) is 9.41. The van der Waals surface area contributed by atoms with Crippen LogP contribution in [0, 0.1) is 0 Å². The van der Waals surface area contributed by atoms with Crippen molar-refractivity contribution in [2.75, 3.05) is 66.8 Å². The molecule has 1 N–H and O–H groups in total. The molecule has 2 saturated heterocycles. The monoisotopic (exact) mass is 524 g/mol. The first-order valence-electron chi connectivity index (χ1n) is 12.8. The molecule has 0 saturated carbocycles. The summed E-state index contributed by atoms with van der Waals surface area (Å²) in [5.74, 6) is -0.0510. The van der Waals surface area contributed by atoms with Gasteiger partial charge in [0.2, 0.25) is 5.78 Å². The molecule has 0 radical (unpaired) electrons. The van der Waals surface area contributed by atoms with Gasteiger partial charge in [-0.15, -0.1) is 0 Å². The van der Waals surface area contributed by atoms with Gasteiger partial charge in [0.25, 0.3) is 5.91 Å². The van der Waals surface area contributed by atoms with E-state index in [9.17, 15) is 14.7 Å². The number of fused-ring (bicyclic) bond motifs is 1. The number of ketones is 1. The Kier molecular flexibility index (Phi) is 7.71. The van der Waals surface area contributed by atoms with Gasteiger partial charge >= 0.3 is 0 Å². The maximum Gasteiger partial charge on any atom is 0.295 e. The molecule has 202 valence electrons. The Morgan fingerprint density at radius 3 is 2.45 bits per heavy atom. The van der Waals surface area contributed by atoms with Crippen molar-refractivity contribution in [2.24, 2.45) is 0 Å². The fourth-order valence-corrected chi connectivity index (χ4v) is 5.22. The number of likely N-dealkylation sites (tertiary alicyclic amines) is 1. The zero-order chi connectivity index (χ0) is 26.6. The van der Waals surface area contributed by atoms with Crippen LogP contribution in [0.15, 0.2) is 42.0 Å². The van der Waals surface area contributed by atoms with Crippen LogP contribution in [0.25, 0.3) is 5.76 Å². The Hall–Kier alpha value is -3.76. The van der Waals surface area contributed by atoms with Crippen LogP contribution in [0.1, 0.15) is 23.6 Å². The van der Waals surface area contributed by atoms with Crippen LogP contribution in [0.4, 0.5) is 0 Å². The van der Waals surface area contributed by atoms with Crippen LogP contribution in [-0.4, -0.2) is 83.4 Å². The normalized spacial score (nSPS) is 21.0. The van der Waals surface area contributed by atoms with Gasteiger partial charge in [0.1, 0.15) is 26.3 Å². The molecular weight excluding hydrogens is 492 g/mol. The average Bonchev–Trinajstić information content (AvgIpc) is 3.21. The van der Waals surface area contributed by atoms with E-state index < -0.39 is 23.5 Å². The summed E-state index contributed by atoms with van der Waals surface area (Å²) in [4.78, 5) is 29.6. The molecule has 0 aromatic heterocycles. The summed E-state index contributed by atoms with van der Waals surface area (Å²) < 4.78 is 27.5. The fraction of sp³-hybridized carbons (Fsp3) is 0.429. The van der Waals surface area contributed by atoms with E-state index in [0.29, 0.717) is 68.0 Å². The number of hydrogen-bond donors (Lipinski definition) is 1.